The highest BCUT2D eigenvalue weighted by atomic mass is 35.5. The molecule has 0 spiro atoms. The lowest BCUT2D eigenvalue weighted by atomic mass is 10.2. The standard InChI is InChI=1S/C9H17N3O.ClH/c1-2-3-6-12-7-4-5-10-9(12)8-11-13;/h8,13H,2-7H2,1H3;1H/b11-8+;. The maximum absolute atomic E-state index is 8.42. The number of hydrogen-bond donors (Lipinski definition) is 1. The van der Waals surface area contributed by atoms with Gasteiger partial charge in [-0.25, -0.2) is 0 Å². The van der Waals surface area contributed by atoms with Crippen LogP contribution in [0.3, 0.4) is 0 Å². The Hall–Kier alpha value is -0.770. The lowest BCUT2D eigenvalue weighted by molar-refractivity contribution is 0.320. The van der Waals surface area contributed by atoms with E-state index < -0.39 is 0 Å². The van der Waals surface area contributed by atoms with Gasteiger partial charge in [-0.1, -0.05) is 18.5 Å². The van der Waals surface area contributed by atoms with E-state index in [1.807, 2.05) is 0 Å². The van der Waals surface area contributed by atoms with Crippen molar-refractivity contribution < 1.29 is 5.21 Å². The Morgan fingerprint density at radius 2 is 2.43 bits per heavy atom. The molecule has 0 atom stereocenters. The fourth-order valence-electron chi connectivity index (χ4n) is 1.42. The molecule has 1 aliphatic rings. The van der Waals surface area contributed by atoms with Crippen molar-refractivity contribution in [3.8, 4) is 0 Å². The number of unbranched alkanes of at least 4 members (excludes halogenated alkanes) is 1. The number of hydrogen-bond acceptors (Lipinski definition) is 4. The first-order chi connectivity index (χ1) is 6.38. The van der Waals surface area contributed by atoms with Crippen LogP contribution in [0, 0.1) is 0 Å². The molecule has 0 radical (unpaired) electrons. The molecular formula is C9H18ClN3O. The van der Waals surface area contributed by atoms with Gasteiger partial charge in [0.05, 0.1) is 0 Å². The average Bonchev–Trinajstić information content (AvgIpc) is 2.17. The molecule has 0 aromatic rings. The van der Waals surface area contributed by atoms with Gasteiger partial charge < -0.3 is 10.1 Å². The maximum atomic E-state index is 8.42. The summed E-state index contributed by atoms with van der Waals surface area (Å²) in [5.41, 5.74) is 0. The molecule has 0 amide bonds. The van der Waals surface area contributed by atoms with E-state index >= 15 is 0 Å². The molecule has 0 unspecified atom stereocenters. The van der Waals surface area contributed by atoms with E-state index in [0.717, 1.165) is 38.3 Å². The molecule has 0 saturated heterocycles. The van der Waals surface area contributed by atoms with Crippen molar-refractivity contribution in [1.29, 1.82) is 0 Å². The zero-order valence-electron chi connectivity index (χ0n) is 8.52. The summed E-state index contributed by atoms with van der Waals surface area (Å²) in [6.07, 6.45) is 4.87. The van der Waals surface area contributed by atoms with Gasteiger partial charge in [0.1, 0.15) is 12.1 Å². The lowest BCUT2D eigenvalue weighted by Gasteiger charge is -2.26. The molecule has 1 N–H and O–H groups in total. The molecule has 0 bridgehead atoms. The first-order valence-electron chi connectivity index (χ1n) is 4.85. The Kier molecular flexibility index (Phi) is 7.20. The van der Waals surface area contributed by atoms with Gasteiger partial charge >= 0.3 is 0 Å². The molecule has 4 nitrogen and oxygen atoms in total. The van der Waals surface area contributed by atoms with Crippen molar-refractivity contribution in [3.63, 3.8) is 0 Å². The van der Waals surface area contributed by atoms with Crippen molar-refractivity contribution in [2.24, 2.45) is 10.1 Å². The van der Waals surface area contributed by atoms with Crippen LogP contribution >= 0.6 is 12.4 Å². The highest BCUT2D eigenvalue weighted by Gasteiger charge is 2.12. The molecule has 5 heteroatoms. The number of rotatable bonds is 4. The summed E-state index contributed by atoms with van der Waals surface area (Å²) in [6, 6.07) is 0. The van der Waals surface area contributed by atoms with Gasteiger partial charge in [-0.15, -0.1) is 12.4 Å². The first kappa shape index (κ1) is 13.2. The Bertz CT molecular complexity index is 206. The molecule has 1 heterocycles. The summed E-state index contributed by atoms with van der Waals surface area (Å²) >= 11 is 0. The third-order valence-electron chi connectivity index (χ3n) is 2.14. The molecule has 14 heavy (non-hydrogen) atoms. The number of oxime groups is 1. The van der Waals surface area contributed by atoms with Gasteiger partial charge in [-0.2, -0.15) is 0 Å². The van der Waals surface area contributed by atoms with Crippen molar-refractivity contribution in [2.75, 3.05) is 19.6 Å². The van der Waals surface area contributed by atoms with E-state index in [0.29, 0.717) is 0 Å². The molecule has 1 rings (SSSR count). The van der Waals surface area contributed by atoms with E-state index in [9.17, 15) is 0 Å². The summed E-state index contributed by atoms with van der Waals surface area (Å²) in [7, 11) is 0. The Morgan fingerprint density at radius 1 is 1.64 bits per heavy atom. The molecule has 0 saturated carbocycles. The minimum absolute atomic E-state index is 0. The van der Waals surface area contributed by atoms with E-state index in [1.165, 1.54) is 12.6 Å². The van der Waals surface area contributed by atoms with Crippen LogP contribution < -0.4 is 0 Å². The molecule has 0 aromatic heterocycles. The molecular weight excluding hydrogens is 202 g/mol. The van der Waals surface area contributed by atoms with Crippen LogP contribution in [0.2, 0.25) is 0 Å². The molecule has 1 aliphatic heterocycles. The monoisotopic (exact) mass is 219 g/mol. The highest BCUT2D eigenvalue weighted by molar-refractivity contribution is 6.29. The summed E-state index contributed by atoms with van der Waals surface area (Å²) in [4.78, 5) is 6.46. The Balaban J connectivity index is 0.00000169. The maximum Gasteiger partial charge on any atom is 0.145 e. The normalized spacial score (nSPS) is 16.6. The molecule has 0 aromatic carbocycles. The predicted molar refractivity (Wildman–Crippen MR) is 60.9 cm³/mol. The fourth-order valence-corrected chi connectivity index (χ4v) is 1.42. The van der Waals surface area contributed by atoms with Crippen LogP contribution in [-0.2, 0) is 0 Å². The minimum Gasteiger partial charge on any atom is -0.411 e. The lowest BCUT2D eigenvalue weighted by Crippen LogP contribution is -2.37. The highest BCUT2D eigenvalue weighted by Crippen LogP contribution is 2.03. The topological polar surface area (TPSA) is 48.2 Å². The molecule has 82 valence electrons. The largest absolute Gasteiger partial charge is 0.411 e. The van der Waals surface area contributed by atoms with Gasteiger partial charge in [0.15, 0.2) is 0 Å². The minimum atomic E-state index is 0. The van der Waals surface area contributed by atoms with Crippen molar-refractivity contribution >= 4 is 24.5 Å². The van der Waals surface area contributed by atoms with Gasteiger partial charge in [0.25, 0.3) is 0 Å². The van der Waals surface area contributed by atoms with Crippen molar-refractivity contribution in [1.82, 2.24) is 4.90 Å². The van der Waals surface area contributed by atoms with Gasteiger partial charge in [0.2, 0.25) is 0 Å². The first-order valence-corrected chi connectivity index (χ1v) is 4.85. The van der Waals surface area contributed by atoms with E-state index in [4.69, 9.17) is 5.21 Å². The third kappa shape index (κ3) is 3.96. The molecule has 0 aliphatic carbocycles. The van der Waals surface area contributed by atoms with Crippen LogP contribution in [-0.4, -0.2) is 41.8 Å². The predicted octanol–water partition coefficient (Wildman–Crippen LogP) is 1.77. The molecule has 0 fully saturated rings. The summed E-state index contributed by atoms with van der Waals surface area (Å²) in [6.45, 7) is 5.07. The second-order valence-corrected chi connectivity index (χ2v) is 3.18. The Morgan fingerprint density at radius 3 is 3.07 bits per heavy atom. The number of aliphatic imine (C=N–C) groups is 1. The van der Waals surface area contributed by atoms with Crippen LogP contribution in [0.5, 0.6) is 0 Å². The fraction of sp³-hybridized carbons (Fsp3) is 0.778. The summed E-state index contributed by atoms with van der Waals surface area (Å²) in [5.74, 6) is 0.821. The van der Waals surface area contributed by atoms with Crippen molar-refractivity contribution in [2.45, 2.75) is 26.2 Å². The zero-order valence-corrected chi connectivity index (χ0v) is 9.33. The second-order valence-electron chi connectivity index (χ2n) is 3.18. The van der Waals surface area contributed by atoms with Gasteiger partial charge in [-0.3, -0.25) is 4.99 Å². The van der Waals surface area contributed by atoms with E-state index in [1.54, 1.807) is 0 Å². The average molecular weight is 220 g/mol. The van der Waals surface area contributed by atoms with Crippen LogP contribution in [0.15, 0.2) is 10.1 Å². The van der Waals surface area contributed by atoms with E-state index in [2.05, 4.69) is 22.0 Å². The number of amidine groups is 1. The quantitative estimate of drug-likeness (QED) is 0.445. The number of nitrogens with zero attached hydrogens (tertiary/aromatic N) is 3. The van der Waals surface area contributed by atoms with Crippen molar-refractivity contribution in [3.05, 3.63) is 0 Å². The summed E-state index contributed by atoms with van der Waals surface area (Å²) < 4.78 is 0. The SMILES string of the molecule is CCCCN1CCCN=C1/C=N/O.Cl. The Labute approximate surface area is 91.1 Å². The van der Waals surface area contributed by atoms with Gasteiger partial charge in [-0.05, 0) is 12.8 Å². The third-order valence-corrected chi connectivity index (χ3v) is 2.14. The van der Waals surface area contributed by atoms with Crippen LogP contribution in [0.25, 0.3) is 0 Å². The van der Waals surface area contributed by atoms with Gasteiger partial charge in [0, 0.05) is 19.6 Å². The zero-order chi connectivity index (χ0) is 9.52. The van der Waals surface area contributed by atoms with E-state index in [-0.39, 0.29) is 12.4 Å². The van der Waals surface area contributed by atoms with Crippen LogP contribution in [0.1, 0.15) is 26.2 Å². The number of halogens is 1. The smallest absolute Gasteiger partial charge is 0.145 e. The summed E-state index contributed by atoms with van der Waals surface area (Å²) in [5, 5.41) is 11.4. The second kappa shape index (κ2) is 7.62. The van der Waals surface area contributed by atoms with Crippen LogP contribution in [0.4, 0.5) is 0 Å².